The molecule has 2 N–H and O–H groups in total. The fourth-order valence-electron chi connectivity index (χ4n) is 0.808. The van der Waals surface area contributed by atoms with E-state index in [-0.39, 0.29) is 18.8 Å². The van der Waals surface area contributed by atoms with Crippen LogP contribution in [0.15, 0.2) is 11.6 Å². The zero-order valence-corrected chi connectivity index (χ0v) is 7.99. The molecule has 68 valence electrons. The maximum absolute atomic E-state index is 10.1. The first-order chi connectivity index (χ1) is 5.29. The van der Waals surface area contributed by atoms with E-state index in [4.69, 9.17) is 5.11 Å². The van der Waals surface area contributed by atoms with Crippen LogP contribution in [0.4, 0.5) is 0 Å². The minimum Gasteiger partial charge on any atom is -1.00 e. The first kappa shape index (κ1) is 11.4. The molecule has 0 aromatic carbocycles. The van der Waals surface area contributed by atoms with Gasteiger partial charge in [0.2, 0.25) is 5.01 Å². The van der Waals surface area contributed by atoms with Gasteiger partial charge in [-0.05, 0) is 6.42 Å². The number of aryl methyl sites for hydroxylation is 1. The average Bonchev–Trinajstić information content (AvgIpc) is 2.39. The fraction of sp³-hybridized carbons (Fsp3) is 0.429. The highest BCUT2D eigenvalue weighted by Crippen LogP contribution is 2.04. The minimum absolute atomic E-state index is 0. The Morgan fingerprint density at radius 1 is 1.67 bits per heavy atom. The fourth-order valence-corrected chi connectivity index (χ4v) is 1.51. The van der Waals surface area contributed by atoms with Gasteiger partial charge in [-0.2, -0.15) is 0 Å². The molecule has 0 saturated heterocycles. The summed E-state index contributed by atoms with van der Waals surface area (Å²) in [6.07, 6.45) is 3.67. The SMILES string of the molecule is O=C(O)CCCc1[nH+]ccs1.[Cl-]. The summed E-state index contributed by atoms with van der Waals surface area (Å²) in [5.74, 6) is -0.721. The number of H-pyrrole nitrogens is 1. The number of carboxylic acid groups (broad SMARTS) is 1. The molecule has 1 rings (SSSR count). The van der Waals surface area contributed by atoms with Crippen molar-refractivity contribution in [1.29, 1.82) is 0 Å². The average molecular weight is 208 g/mol. The summed E-state index contributed by atoms with van der Waals surface area (Å²) in [4.78, 5) is 13.2. The molecule has 5 heteroatoms. The van der Waals surface area contributed by atoms with Crippen molar-refractivity contribution in [3.05, 3.63) is 16.6 Å². The van der Waals surface area contributed by atoms with Crippen molar-refractivity contribution in [3.63, 3.8) is 0 Å². The van der Waals surface area contributed by atoms with Gasteiger partial charge in [0, 0.05) is 12.8 Å². The van der Waals surface area contributed by atoms with E-state index in [1.54, 1.807) is 11.3 Å². The normalized spacial score (nSPS) is 9.00. The summed E-state index contributed by atoms with van der Waals surface area (Å²) in [7, 11) is 0. The molecule has 0 amide bonds. The van der Waals surface area contributed by atoms with E-state index in [1.165, 1.54) is 0 Å². The molecule has 0 spiro atoms. The maximum atomic E-state index is 10.1. The van der Waals surface area contributed by atoms with E-state index in [1.807, 2.05) is 11.6 Å². The Bertz CT molecular complexity index is 225. The third-order valence-electron chi connectivity index (χ3n) is 1.32. The Morgan fingerprint density at radius 3 is 2.92 bits per heavy atom. The van der Waals surface area contributed by atoms with Crippen LogP contribution in [0.2, 0.25) is 0 Å². The summed E-state index contributed by atoms with van der Waals surface area (Å²) in [6.45, 7) is 0. The molecule has 0 atom stereocenters. The number of carbonyl (C=O) groups is 1. The van der Waals surface area contributed by atoms with Crippen LogP contribution in [0.5, 0.6) is 0 Å². The van der Waals surface area contributed by atoms with Gasteiger partial charge in [0.05, 0.1) is 5.38 Å². The highest BCUT2D eigenvalue weighted by Gasteiger charge is 2.03. The molecule has 0 saturated carbocycles. The minimum atomic E-state index is -0.721. The van der Waals surface area contributed by atoms with Crippen LogP contribution in [0.25, 0.3) is 0 Å². The smallest absolute Gasteiger partial charge is 0.303 e. The van der Waals surface area contributed by atoms with Crippen molar-refractivity contribution in [2.24, 2.45) is 0 Å². The van der Waals surface area contributed by atoms with E-state index < -0.39 is 5.97 Å². The lowest BCUT2D eigenvalue weighted by molar-refractivity contribution is -0.382. The van der Waals surface area contributed by atoms with Gasteiger partial charge in [0.15, 0.2) is 6.20 Å². The Kier molecular flexibility index (Phi) is 5.66. The number of halogens is 1. The third kappa shape index (κ3) is 4.31. The number of nitrogens with one attached hydrogen (secondary N) is 1. The van der Waals surface area contributed by atoms with Crippen molar-refractivity contribution in [2.75, 3.05) is 0 Å². The molecule has 12 heavy (non-hydrogen) atoms. The van der Waals surface area contributed by atoms with Crippen molar-refractivity contribution in [2.45, 2.75) is 19.3 Å². The molecule has 0 bridgehead atoms. The molecule has 0 radical (unpaired) electrons. The van der Waals surface area contributed by atoms with E-state index >= 15 is 0 Å². The van der Waals surface area contributed by atoms with Gasteiger partial charge in [-0.3, -0.25) is 4.79 Å². The maximum Gasteiger partial charge on any atom is 0.303 e. The van der Waals surface area contributed by atoms with Gasteiger partial charge in [0.1, 0.15) is 0 Å². The standard InChI is InChI=1S/C7H9NO2S.ClH/c9-7(10)3-1-2-6-8-4-5-11-6;/h4-5H,1-3H2,(H,9,10);1H. The molecule has 0 fully saturated rings. The lowest BCUT2D eigenvalue weighted by Gasteiger charge is -1.88. The van der Waals surface area contributed by atoms with Gasteiger partial charge in [-0.15, -0.1) is 0 Å². The zero-order chi connectivity index (χ0) is 8.10. The summed E-state index contributed by atoms with van der Waals surface area (Å²) in [5, 5.41) is 11.4. The van der Waals surface area contributed by atoms with Gasteiger partial charge >= 0.3 is 5.97 Å². The van der Waals surface area contributed by atoms with Crippen LogP contribution in [-0.2, 0) is 11.2 Å². The van der Waals surface area contributed by atoms with Crippen LogP contribution >= 0.6 is 11.3 Å². The first-order valence-electron chi connectivity index (χ1n) is 3.45. The number of carboxylic acids is 1. The Balaban J connectivity index is 0.00000121. The number of hydrogen-bond donors (Lipinski definition) is 1. The number of aromatic nitrogens is 1. The zero-order valence-electron chi connectivity index (χ0n) is 6.42. The van der Waals surface area contributed by atoms with Crippen LogP contribution in [-0.4, -0.2) is 11.1 Å². The summed E-state index contributed by atoms with van der Waals surface area (Å²) >= 11 is 1.63. The second-order valence-corrected chi connectivity index (χ2v) is 3.24. The monoisotopic (exact) mass is 207 g/mol. The van der Waals surface area contributed by atoms with E-state index in [0.29, 0.717) is 6.42 Å². The highest BCUT2D eigenvalue weighted by atomic mass is 35.5. The summed E-state index contributed by atoms with van der Waals surface area (Å²) in [6, 6.07) is 0. The molecule has 0 aliphatic heterocycles. The Labute approximate surface area is 80.9 Å². The summed E-state index contributed by atoms with van der Waals surface area (Å²) < 4.78 is 0. The van der Waals surface area contributed by atoms with Crippen LogP contribution in [0, 0.1) is 0 Å². The van der Waals surface area contributed by atoms with Crippen molar-refractivity contribution in [3.8, 4) is 0 Å². The Hall–Kier alpha value is -0.610. The van der Waals surface area contributed by atoms with E-state index in [9.17, 15) is 4.79 Å². The Morgan fingerprint density at radius 2 is 2.42 bits per heavy atom. The van der Waals surface area contributed by atoms with Gasteiger partial charge in [-0.25, -0.2) is 4.98 Å². The summed E-state index contributed by atoms with van der Waals surface area (Å²) in [5.41, 5.74) is 0. The predicted molar refractivity (Wildman–Crippen MR) is 41.4 cm³/mol. The van der Waals surface area contributed by atoms with E-state index in [2.05, 4.69) is 4.98 Å². The van der Waals surface area contributed by atoms with Crippen LogP contribution in [0.1, 0.15) is 17.8 Å². The van der Waals surface area contributed by atoms with Crippen LogP contribution in [0.3, 0.4) is 0 Å². The molecule has 0 unspecified atom stereocenters. The van der Waals surface area contributed by atoms with Gasteiger partial charge in [0.25, 0.3) is 0 Å². The second kappa shape index (κ2) is 5.97. The predicted octanol–water partition coefficient (Wildman–Crippen LogP) is -2.03. The number of aromatic amines is 1. The lowest BCUT2D eigenvalue weighted by Crippen LogP contribution is -3.00. The van der Waals surface area contributed by atoms with Gasteiger partial charge < -0.3 is 17.5 Å². The van der Waals surface area contributed by atoms with Crippen LogP contribution < -0.4 is 17.4 Å². The highest BCUT2D eigenvalue weighted by molar-refractivity contribution is 7.09. The quantitative estimate of drug-likeness (QED) is 0.620. The molecule has 0 aliphatic carbocycles. The number of aliphatic carboxylic acids is 1. The van der Waals surface area contributed by atoms with Crippen molar-refractivity contribution >= 4 is 17.3 Å². The number of thiazole rings is 1. The lowest BCUT2D eigenvalue weighted by atomic mass is 10.2. The molecular weight excluding hydrogens is 198 g/mol. The largest absolute Gasteiger partial charge is 1.00 e. The molecule has 1 aromatic heterocycles. The molecule has 1 aromatic rings. The molecule has 1 heterocycles. The van der Waals surface area contributed by atoms with E-state index in [0.717, 1.165) is 11.4 Å². The molecule has 3 nitrogen and oxygen atoms in total. The van der Waals surface area contributed by atoms with Gasteiger partial charge in [-0.1, -0.05) is 11.3 Å². The third-order valence-corrected chi connectivity index (χ3v) is 2.20. The topological polar surface area (TPSA) is 51.4 Å². The van der Waals surface area contributed by atoms with Crippen molar-refractivity contribution < 1.29 is 27.3 Å². The number of rotatable bonds is 4. The van der Waals surface area contributed by atoms with Crippen molar-refractivity contribution in [1.82, 2.24) is 0 Å². The number of hydrogen-bond acceptors (Lipinski definition) is 2. The second-order valence-electron chi connectivity index (χ2n) is 2.24. The molecule has 0 aliphatic rings. The molecular formula is C7H10ClNO2S. The first-order valence-corrected chi connectivity index (χ1v) is 4.33.